The maximum atomic E-state index is 13.0. The van der Waals surface area contributed by atoms with Gasteiger partial charge in [0.05, 0.1) is 11.8 Å². The summed E-state index contributed by atoms with van der Waals surface area (Å²) in [4.78, 5) is 24.2. The topological polar surface area (TPSA) is 113 Å². The number of amides is 1. The molecule has 1 aromatic heterocycles. The van der Waals surface area contributed by atoms with Gasteiger partial charge in [-0.1, -0.05) is 25.9 Å². The average molecular weight is 515 g/mol. The molecule has 1 heterocycles. The number of hydrogen-bond donors (Lipinski definition) is 3. The van der Waals surface area contributed by atoms with Gasteiger partial charge in [0, 0.05) is 12.5 Å². The molecule has 37 heavy (non-hydrogen) atoms. The molecule has 7 nitrogen and oxygen atoms in total. The molecule has 0 unspecified atom stereocenters. The Kier molecular flexibility index (Phi) is 7.00. The molecule has 1 aromatic rings. The van der Waals surface area contributed by atoms with Gasteiger partial charge in [-0.2, -0.15) is 0 Å². The third-order valence-electron chi connectivity index (χ3n) is 11.9. The maximum absolute atomic E-state index is 13.0. The lowest BCUT2D eigenvalue weighted by atomic mass is 9.43. The Morgan fingerprint density at radius 3 is 2.46 bits per heavy atom. The number of aromatic nitrogens is 1. The van der Waals surface area contributed by atoms with E-state index in [0.29, 0.717) is 52.5 Å². The molecule has 0 bridgehead atoms. The number of aliphatic hydroxyl groups is 1. The lowest BCUT2D eigenvalue weighted by Gasteiger charge is -2.62. The molecule has 4 aliphatic rings. The summed E-state index contributed by atoms with van der Waals surface area (Å²) in [7, 11) is 0. The minimum atomic E-state index is -0.699. The molecule has 7 heteroatoms. The van der Waals surface area contributed by atoms with E-state index in [4.69, 9.17) is 4.52 Å². The number of aryl methyl sites for hydroxylation is 2. The molecule has 4 aliphatic carbocycles. The van der Waals surface area contributed by atoms with Crippen molar-refractivity contribution in [2.75, 3.05) is 0 Å². The van der Waals surface area contributed by atoms with E-state index >= 15 is 0 Å². The lowest BCUT2D eigenvalue weighted by Crippen LogP contribution is -2.59. The Hall–Kier alpha value is -1.89. The molecule has 10 atom stereocenters. The first-order valence-corrected chi connectivity index (χ1v) is 14.6. The number of hydrogen-bond acceptors (Lipinski definition) is 5. The first kappa shape index (κ1) is 26.7. The Labute approximate surface area is 221 Å². The van der Waals surface area contributed by atoms with Gasteiger partial charge in [0.2, 0.25) is 0 Å². The van der Waals surface area contributed by atoms with Gasteiger partial charge >= 0.3 is 5.97 Å². The van der Waals surface area contributed by atoms with E-state index in [1.165, 1.54) is 6.42 Å². The molecule has 4 fully saturated rings. The summed E-state index contributed by atoms with van der Waals surface area (Å²) in [6, 6.07) is 0.114. The van der Waals surface area contributed by atoms with Gasteiger partial charge < -0.3 is 20.1 Å². The van der Waals surface area contributed by atoms with Crippen LogP contribution in [0.2, 0.25) is 0 Å². The molecule has 0 aliphatic heterocycles. The SMILES string of the molecule is Cc1noc(C)c1C(=O)N[C@H]1CC[C@@]2(C)[C@@H](C1)C[C@@H](O)[C@@H]1[C@@H]2CC[C@]2(C)[C@@H]([C@H](C)CCC(=O)O)CC[C@@H]12. The Balaban J connectivity index is 1.29. The van der Waals surface area contributed by atoms with Gasteiger partial charge in [0.15, 0.2) is 0 Å². The zero-order valence-corrected chi connectivity index (χ0v) is 23.3. The van der Waals surface area contributed by atoms with Crippen molar-refractivity contribution in [1.82, 2.24) is 10.5 Å². The largest absolute Gasteiger partial charge is 0.481 e. The number of aliphatic hydroxyl groups excluding tert-OH is 1. The molecular weight excluding hydrogens is 468 g/mol. The molecule has 0 aromatic carbocycles. The van der Waals surface area contributed by atoms with E-state index in [2.05, 4.69) is 31.2 Å². The van der Waals surface area contributed by atoms with Crippen LogP contribution >= 0.6 is 0 Å². The molecule has 206 valence electrons. The molecule has 0 radical (unpaired) electrons. The number of carbonyl (C=O) groups is 2. The Morgan fingerprint density at radius 1 is 1.08 bits per heavy atom. The first-order valence-electron chi connectivity index (χ1n) is 14.6. The van der Waals surface area contributed by atoms with Crippen LogP contribution in [0.3, 0.4) is 0 Å². The highest BCUT2D eigenvalue weighted by Crippen LogP contribution is 2.68. The minimum absolute atomic E-state index is 0.0958. The van der Waals surface area contributed by atoms with Crippen molar-refractivity contribution in [1.29, 1.82) is 0 Å². The fraction of sp³-hybridized carbons (Fsp3) is 0.833. The van der Waals surface area contributed by atoms with Crippen LogP contribution in [0.4, 0.5) is 0 Å². The molecule has 5 rings (SSSR count). The van der Waals surface area contributed by atoms with E-state index in [1.807, 2.05) is 0 Å². The average Bonchev–Trinajstić information content (AvgIpc) is 3.36. The van der Waals surface area contributed by atoms with Gasteiger partial charge in [-0.3, -0.25) is 9.59 Å². The van der Waals surface area contributed by atoms with Crippen LogP contribution in [0.5, 0.6) is 0 Å². The van der Waals surface area contributed by atoms with Crippen molar-refractivity contribution in [2.24, 2.45) is 46.3 Å². The van der Waals surface area contributed by atoms with Crippen molar-refractivity contribution >= 4 is 11.9 Å². The van der Waals surface area contributed by atoms with Gasteiger partial charge in [0.25, 0.3) is 5.91 Å². The highest BCUT2D eigenvalue weighted by molar-refractivity contribution is 5.96. The fourth-order valence-electron chi connectivity index (χ4n) is 9.95. The standard InChI is InChI=1S/C30H46N2O5/c1-16(6-9-25(34)35)21-7-8-22-27-23(11-13-30(21,22)5)29(4)12-10-20(14-19(29)15-24(27)33)31-28(36)26-17(2)32-37-18(26)3/h16,19-24,27,33H,6-15H2,1-5H3,(H,31,36)(H,34,35)/t16-,19+,20+,21-,22+,23+,24-,27+,29+,30-/m1/s1. The molecule has 0 saturated heterocycles. The van der Waals surface area contributed by atoms with Crippen molar-refractivity contribution < 1.29 is 24.3 Å². The van der Waals surface area contributed by atoms with E-state index in [9.17, 15) is 19.8 Å². The number of rotatable bonds is 6. The minimum Gasteiger partial charge on any atom is -0.481 e. The van der Waals surface area contributed by atoms with Crippen LogP contribution in [0.15, 0.2) is 4.52 Å². The van der Waals surface area contributed by atoms with E-state index in [-0.39, 0.29) is 35.3 Å². The lowest BCUT2D eigenvalue weighted by molar-refractivity contribution is -0.166. The third kappa shape index (κ3) is 4.43. The molecule has 0 spiro atoms. The third-order valence-corrected chi connectivity index (χ3v) is 11.9. The summed E-state index contributed by atoms with van der Waals surface area (Å²) in [5, 5.41) is 28.0. The van der Waals surface area contributed by atoms with Crippen molar-refractivity contribution in [3.05, 3.63) is 17.0 Å². The predicted molar refractivity (Wildman–Crippen MR) is 140 cm³/mol. The second-order valence-electron chi connectivity index (χ2n) is 13.6. The smallest absolute Gasteiger partial charge is 0.303 e. The zero-order valence-electron chi connectivity index (χ0n) is 23.3. The molecule has 4 saturated carbocycles. The Morgan fingerprint density at radius 2 is 1.78 bits per heavy atom. The summed E-state index contributed by atoms with van der Waals surface area (Å²) < 4.78 is 5.20. The van der Waals surface area contributed by atoms with E-state index in [1.54, 1.807) is 13.8 Å². The van der Waals surface area contributed by atoms with Crippen LogP contribution in [0.1, 0.15) is 107 Å². The van der Waals surface area contributed by atoms with Crippen LogP contribution in [0, 0.1) is 60.2 Å². The summed E-state index contributed by atoms with van der Waals surface area (Å²) in [6.07, 6.45) is 9.16. The van der Waals surface area contributed by atoms with Crippen LogP contribution in [-0.2, 0) is 4.79 Å². The molecular formula is C30H46N2O5. The van der Waals surface area contributed by atoms with Crippen LogP contribution in [-0.4, -0.2) is 39.4 Å². The molecule has 1 amide bonds. The van der Waals surface area contributed by atoms with Crippen LogP contribution in [0.25, 0.3) is 0 Å². The summed E-state index contributed by atoms with van der Waals surface area (Å²) in [5.74, 6) is 2.50. The zero-order chi connectivity index (χ0) is 26.7. The summed E-state index contributed by atoms with van der Waals surface area (Å²) in [5.41, 5.74) is 1.58. The second kappa shape index (κ2) is 9.69. The normalized spacial score (nSPS) is 41.8. The van der Waals surface area contributed by atoms with Crippen LogP contribution < -0.4 is 5.32 Å². The monoisotopic (exact) mass is 514 g/mol. The fourth-order valence-corrected chi connectivity index (χ4v) is 9.95. The highest BCUT2D eigenvalue weighted by Gasteiger charge is 2.62. The number of carbonyl (C=O) groups excluding carboxylic acids is 1. The second-order valence-corrected chi connectivity index (χ2v) is 13.6. The van der Waals surface area contributed by atoms with Gasteiger partial charge in [-0.25, -0.2) is 0 Å². The highest BCUT2D eigenvalue weighted by atomic mass is 16.5. The van der Waals surface area contributed by atoms with Gasteiger partial charge in [0.1, 0.15) is 11.3 Å². The number of nitrogens with one attached hydrogen (secondary N) is 1. The predicted octanol–water partition coefficient (Wildman–Crippen LogP) is 5.52. The number of fused-ring (bicyclic) bond motifs is 5. The number of aliphatic carboxylic acids is 1. The van der Waals surface area contributed by atoms with Crippen molar-refractivity contribution in [3.63, 3.8) is 0 Å². The number of nitrogens with zero attached hydrogens (tertiary/aromatic N) is 1. The van der Waals surface area contributed by atoms with Crippen molar-refractivity contribution in [3.8, 4) is 0 Å². The Bertz CT molecular complexity index is 1020. The quantitative estimate of drug-likeness (QED) is 0.461. The van der Waals surface area contributed by atoms with E-state index < -0.39 is 5.97 Å². The summed E-state index contributed by atoms with van der Waals surface area (Å²) >= 11 is 0. The van der Waals surface area contributed by atoms with Crippen molar-refractivity contribution in [2.45, 2.75) is 111 Å². The molecule has 3 N–H and O–H groups in total. The van der Waals surface area contributed by atoms with Gasteiger partial charge in [-0.05, 0) is 118 Å². The van der Waals surface area contributed by atoms with E-state index in [0.717, 1.165) is 51.4 Å². The first-order chi connectivity index (χ1) is 17.5. The van der Waals surface area contributed by atoms with Gasteiger partial charge in [-0.15, -0.1) is 0 Å². The number of carboxylic acid groups (broad SMARTS) is 1. The maximum Gasteiger partial charge on any atom is 0.303 e. The number of carboxylic acids is 1. The summed E-state index contributed by atoms with van der Waals surface area (Å²) in [6.45, 7) is 10.8.